The lowest BCUT2D eigenvalue weighted by atomic mass is 10.1. The molecule has 1 heterocycles. The number of halogens is 2. The third-order valence-corrected chi connectivity index (χ3v) is 3.86. The van der Waals surface area contributed by atoms with Crippen molar-refractivity contribution in [3.05, 3.63) is 71.0 Å². The fourth-order valence-corrected chi connectivity index (χ4v) is 2.72. The molecule has 116 valence electrons. The highest BCUT2D eigenvalue weighted by Crippen LogP contribution is 2.29. The Labute approximate surface area is 143 Å². The number of hydrogen-bond acceptors (Lipinski definition) is 2. The second kappa shape index (κ2) is 6.92. The molecule has 0 fully saturated rings. The van der Waals surface area contributed by atoms with Gasteiger partial charge in [-0.3, -0.25) is 0 Å². The van der Waals surface area contributed by atoms with Gasteiger partial charge in [-0.2, -0.15) is 0 Å². The second-order valence-corrected chi connectivity index (χ2v) is 5.94. The van der Waals surface area contributed by atoms with Gasteiger partial charge in [0.25, 0.3) is 0 Å². The van der Waals surface area contributed by atoms with Crippen molar-refractivity contribution in [3.8, 4) is 28.3 Å². The molecular formula is C19H15BrFNO. The first kappa shape index (κ1) is 15.7. The van der Waals surface area contributed by atoms with Gasteiger partial charge in [0.2, 0.25) is 0 Å². The lowest BCUT2D eigenvalue weighted by molar-refractivity contribution is 0.340. The van der Waals surface area contributed by atoms with Crippen LogP contribution in [0.15, 0.2) is 65.1 Å². The van der Waals surface area contributed by atoms with Crippen LogP contribution < -0.4 is 4.74 Å². The minimum absolute atomic E-state index is 0.262. The normalized spacial score (nSPS) is 10.6. The molecule has 3 aromatic rings. The lowest BCUT2D eigenvalue weighted by Crippen LogP contribution is -1.95. The SMILES string of the molecule is CCOc1cc(-c2ccc(F)cc2)nc(-c2cccc(Br)c2)c1. The lowest BCUT2D eigenvalue weighted by Gasteiger charge is -2.10. The molecule has 3 rings (SSSR count). The molecule has 0 saturated carbocycles. The maximum atomic E-state index is 13.1. The molecule has 0 spiro atoms. The Balaban J connectivity index is 2.11. The van der Waals surface area contributed by atoms with Gasteiger partial charge < -0.3 is 4.74 Å². The average Bonchev–Trinajstić information content (AvgIpc) is 2.55. The van der Waals surface area contributed by atoms with Crippen LogP contribution in [-0.2, 0) is 0 Å². The molecular weight excluding hydrogens is 357 g/mol. The van der Waals surface area contributed by atoms with Gasteiger partial charge in [-0.05, 0) is 43.3 Å². The molecule has 2 nitrogen and oxygen atoms in total. The summed E-state index contributed by atoms with van der Waals surface area (Å²) in [5, 5.41) is 0. The molecule has 2 aromatic carbocycles. The third kappa shape index (κ3) is 3.77. The summed E-state index contributed by atoms with van der Waals surface area (Å²) >= 11 is 3.48. The van der Waals surface area contributed by atoms with E-state index in [4.69, 9.17) is 9.72 Å². The Bertz CT molecular complexity index is 818. The summed E-state index contributed by atoms with van der Waals surface area (Å²) in [6.45, 7) is 2.52. The van der Waals surface area contributed by atoms with Crippen molar-refractivity contribution in [2.45, 2.75) is 6.92 Å². The van der Waals surface area contributed by atoms with Gasteiger partial charge >= 0.3 is 0 Å². The molecule has 23 heavy (non-hydrogen) atoms. The fourth-order valence-electron chi connectivity index (χ4n) is 2.32. The summed E-state index contributed by atoms with van der Waals surface area (Å²) < 4.78 is 19.8. The van der Waals surface area contributed by atoms with E-state index in [0.717, 1.165) is 32.7 Å². The number of aromatic nitrogens is 1. The first-order valence-electron chi connectivity index (χ1n) is 7.32. The van der Waals surface area contributed by atoms with Gasteiger partial charge in [0.1, 0.15) is 11.6 Å². The van der Waals surface area contributed by atoms with E-state index in [1.54, 1.807) is 12.1 Å². The van der Waals surface area contributed by atoms with Crippen LogP contribution >= 0.6 is 15.9 Å². The predicted molar refractivity (Wildman–Crippen MR) is 93.9 cm³/mol. The Kier molecular flexibility index (Phi) is 4.72. The molecule has 0 aliphatic heterocycles. The molecule has 0 N–H and O–H groups in total. The molecule has 0 radical (unpaired) electrons. The minimum atomic E-state index is -0.262. The maximum Gasteiger partial charge on any atom is 0.123 e. The number of pyridine rings is 1. The van der Waals surface area contributed by atoms with Crippen molar-refractivity contribution in [2.75, 3.05) is 6.61 Å². The predicted octanol–water partition coefficient (Wildman–Crippen LogP) is 5.72. The highest BCUT2D eigenvalue weighted by atomic mass is 79.9. The summed E-state index contributed by atoms with van der Waals surface area (Å²) in [6, 6.07) is 18.0. The zero-order valence-corrected chi connectivity index (χ0v) is 14.2. The molecule has 1 aromatic heterocycles. The van der Waals surface area contributed by atoms with E-state index < -0.39 is 0 Å². The van der Waals surface area contributed by atoms with E-state index in [9.17, 15) is 4.39 Å². The standard InChI is InChI=1S/C19H15BrFNO/c1-2-23-17-11-18(13-6-8-16(21)9-7-13)22-19(12-17)14-4-3-5-15(20)10-14/h3-12H,2H2,1H3. The molecule has 0 atom stereocenters. The van der Waals surface area contributed by atoms with E-state index in [1.165, 1.54) is 12.1 Å². The zero-order chi connectivity index (χ0) is 16.2. The first-order chi connectivity index (χ1) is 11.2. The van der Waals surface area contributed by atoms with Crippen molar-refractivity contribution >= 4 is 15.9 Å². The smallest absolute Gasteiger partial charge is 0.123 e. The van der Waals surface area contributed by atoms with Crippen molar-refractivity contribution in [3.63, 3.8) is 0 Å². The second-order valence-electron chi connectivity index (χ2n) is 5.02. The first-order valence-corrected chi connectivity index (χ1v) is 8.12. The number of rotatable bonds is 4. The summed E-state index contributed by atoms with van der Waals surface area (Å²) in [4.78, 5) is 4.70. The van der Waals surface area contributed by atoms with Crippen LogP contribution in [0.4, 0.5) is 4.39 Å². The highest BCUT2D eigenvalue weighted by Gasteiger charge is 2.08. The van der Waals surface area contributed by atoms with Gasteiger partial charge in [0, 0.05) is 27.7 Å². The Morgan fingerprint density at radius 2 is 1.65 bits per heavy atom. The summed E-state index contributed by atoms with van der Waals surface area (Å²) in [5.74, 6) is 0.485. The summed E-state index contributed by atoms with van der Waals surface area (Å²) in [7, 11) is 0. The molecule has 0 bridgehead atoms. The Morgan fingerprint density at radius 1 is 0.957 bits per heavy atom. The third-order valence-electron chi connectivity index (χ3n) is 3.37. The number of benzene rings is 2. The van der Waals surface area contributed by atoms with Crippen LogP contribution in [0.3, 0.4) is 0 Å². The monoisotopic (exact) mass is 371 g/mol. The van der Waals surface area contributed by atoms with Gasteiger partial charge in [-0.25, -0.2) is 9.37 Å². The molecule has 0 amide bonds. The molecule has 0 aliphatic rings. The number of nitrogens with zero attached hydrogens (tertiary/aromatic N) is 1. The van der Waals surface area contributed by atoms with Gasteiger partial charge in [0.05, 0.1) is 18.0 Å². The van der Waals surface area contributed by atoms with Gasteiger partial charge in [-0.15, -0.1) is 0 Å². The van der Waals surface area contributed by atoms with Crippen LogP contribution in [0.1, 0.15) is 6.92 Å². The van der Waals surface area contributed by atoms with Crippen molar-refractivity contribution in [1.29, 1.82) is 0 Å². The molecule has 0 aliphatic carbocycles. The van der Waals surface area contributed by atoms with Gasteiger partial charge in [0.15, 0.2) is 0 Å². The summed E-state index contributed by atoms with van der Waals surface area (Å²) in [6.07, 6.45) is 0. The van der Waals surface area contributed by atoms with E-state index in [2.05, 4.69) is 15.9 Å². The zero-order valence-electron chi connectivity index (χ0n) is 12.6. The number of hydrogen-bond donors (Lipinski definition) is 0. The van der Waals surface area contributed by atoms with Crippen LogP contribution in [-0.4, -0.2) is 11.6 Å². The van der Waals surface area contributed by atoms with Gasteiger partial charge in [-0.1, -0.05) is 28.1 Å². The van der Waals surface area contributed by atoms with Crippen LogP contribution in [0.25, 0.3) is 22.5 Å². The largest absolute Gasteiger partial charge is 0.494 e. The number of ether oxygens (including phenoxy) is 1. The Morgan fingerprint density at radius 3 is 2.30 bits per heavy atom. The highest BCUT2D eigenvalue weighted by molar-refractivity contribution is 9.10. The van der Waals surface area contributed by atoms with Crippen molar-refractivity contribution in [2.24, 2.45) is 0 Å². The summed E-state index contributed by atoms with van der Waals surface area (Å²) in [5.41, 5.74) is 3.41. The molecule has 0 unspecified atom stereocenters. The fraction of sp³-hybridized carbons (Fsp3) is 0.105. The van der Waals surface area contributed by atoms with Crippen LogP contribution in [0, 0.1) is 5.82 Å². The van der Waals surface area contributed by atoms with E-state index in [-0.39, 0.29) is 5.82 Å². The van der Waals surface area contributed by atoms with Crippen molar-refractivity contribution < 1.29 is 9.13 Å². The maximum absolute atomic E-state index is 13.1. The van der Waals surface area contributed by atoms with Crippen molar-refractivity contribution in [1.82, 2.24) is 4.98 Å². The quantitative estimate of drug-likeness (QED) is 0.585. The van der Waals surface area contributed by atoms with Crippen LogP contribution in [0.2, 0.25) is 0 Å². The van der Waals surface area contributed by atoms with E-state index in [1.807, 2.05) is 43.3 Å². The average molecular weight is 372 g/mol. The van der Waals surface area contributed by atoms with E-state index >= 15 is 0 Å². The Hall–Kier alpha value is -2.20. The molecule has 4 heteroatoms. The van der Waals surface area contributed by atoms with E-state index in [0.29, 0.717) is 6.61 Å². The minimum Gasteiger partial charge on any atom is -0.494 e. The topological polar surface area (TPSA) is 22.1 Å². The molecule has 0 saturated heterocycles. The van der Waals surface area contributed by atoms with Crippen LogP contribution in [0.5, 0.6) is 5.75 Å².